The second-order valence-corrected chi connectivity index (χ2v) is 6.91. The van der Waals surface area contributed by atoms with Gasteiger partial charge in [-0.1, -0.05) is 31.2 Å². The molecule has 1 N–H and O–H groups in total. The molecule has 1 aromatic heterocycles. The van der Waals surface area contributed by atoms with Crippen LogP contribution in [0.3, 0.4) is 0 Å². The summed E-state index contributed by atoms with van der Waals surface area (Å²) in [6.07, 6.45) is 7.60. The minimum absolute atomic E-state index is 0.0115. The summed E-state index contributed by atoms with van der Waals surface area (Å²) in [5, 5.41) is 7.19. The SMILES string of the molecule is CCc1ccc(CCN2CCC(NC(=O)c3cnn(C)c3)CC2)cc1. The first kappa shape index (κ1) is 17.7. The molecule has 3 rings (SSSR count). The quantitative estimate of drug-likeness (QED) is 0.879. The normalized spacial score (nSPS) is 16.1. The van der Waals surface area contributed by atoms with Gasteiger partial charge in [-0.2, -0.15) is 5.10 Å². The predicted octanol–water partition coefficient (Wildman–Crippen LogP) is 2.42. The smallest absolute Gasteiger partial charge is 0.254 e. The van der Waals surface area contributed by atoms with Gasteiger partial charge in [0, 0.05) is 38.9 Å². The number of nitrogens with one attached hydrogen (secondary N) is 1. The van der Waals surface area contributed by atoms with E-state index in [2.05, 4.69) is 46.5 Å². The molecule has 0 saturated carbocycles. The van der Waals surface area contributed by atoms with Crippen LogP contribution in [0, 0.1) is 0 Å². The first-order valence-electron chi connectivity index (χ1n) is 9.23. The van der Waals surface area contributed by atoms with Crippen molar-refractivity contribution in [2.24, 2.45) is 7.05 Å². The number of carbonyl (C=O) groups is 1. The molecule has 0 atom stereocenters. The zero-order valence-corrected chi connectivity index (χ0v) is 15.2. The molecule has 0 radical (unpaired) electrons. The largest absolute Gasteiger partial charge is 0.349 e. The Bertz CT molecular complexity index is 684. The topological polar surface area (TPSA) is 50.2 Å². The number of nitrogens with zero attached hydrogens (tertiary/aromatic N) is 3. The van der Waals surface area contributed by atoms with Crippen molar-refractivity contribution in [3.63, 3.8) is 0 Å². The van der Waals surface area contributed by atoms with Crippen LogP contribution in [0.1, 0.15) is 41.3 Å². The lowest BCUT2D eigenvalue weighted by Crippen LogP contribution is -2.45. The number of hydrogen-bond donors (Lipinski definition) is 1. The molecule has 1 aromatic carbocycles. The van der Waals surface area contributed by atoms with Gasteiger partial charge in [0.25, 0.3) is 5.91 Å². The molecule has 0 spiro atoms. The molecule has 1 saturated heterocycles. The third-order valence-electron chi connectivity index (χ3n) is 5.04. The van der Waals surface area contributed by atoms with Gasteiger partial charge in [0.2, 0.25) is 0 Å². The van der Waals surface area contributed by atoms with Gasteiger partial charge in [-0.25, -0.2) is 0 Å². The monoisotopic (exact) mass is 340 g/mol. The highest BCUT2D eigenvalue weighted by Crippen LogP contribution is 2.13. The summed E-state index contributed by atoms with van der Waals surface area (Å²) in [4.78, 5) is 14.7. The number of likely N-dealkylation sites (tertiary alicyclic amines) is 1. The van der Waals surface area contributed by atoms with Crippen LogP contribution in [0.2, 0.25) is 0 Å². The fourth-order valence-electron chi connectivity index (χ4n) is 3.34. The Morgan fingerprint density at radius 1 is 1.20 bits per heavy atom. The number of piperidine rings is 1. The molecule has 134 valence electrons. The van der Waals surface area contributed by atoms with Gasteiger partial charge in [0.05, 0.1) is 11.8 Å². The van der Waals surface area contributed by atoms with Crippen LogP contribution < -0.4 is 5.32 Å². The van der Waals surface area contributed by atoms with Gasteiger partial charge in [-0.05, 0) is 36.8 Å². The van der Waals surface area contributed by atoms with Gasteiger partial charge in [-0.3, -0.25) is 9.48 Å². The van der Waals surface area contributed by atoms with E-state index in [1.165, 1.54) is 11.1 Å². The Kier molecular flexibility index (Phi) is 5.87. The lowest BCUT2D eigenvalue weighted by Gasteiger charge is -2.32. The number of rotatable bonds is 6. The molecule has 1 amide bonds. The van der Waals surface area contributed by atoms with Gasteiger partial charge < -0.3 is 10.2 Å². The van der Waals surface area contributed by atoms with Crippen molar-refractivity contribution in [1.29, 1.82) is 0 Å². The first-order chi connectivity index (χ1) is 12.1. The maximum Gasteiger partial charge on any atom is 0.254 e. The van der Waals surface area contributed by atoms with Crippen molar-refractivity contribution in [1.82, 2.24) is 20.0 Å². The maximum absolute atomic E-state index is 12.2. The van der Waals surface area contributed by atoms with Crippen LogP contribution >= 0.6 is 0 Å². The van der Waals surface area contributed by atoms with Gasteiger partial charge in [0.1, 0.15) is 0 Å². The van der Waals surface area contributed by atoms with Crippen LogP contribution in [-0.2, 0) is 19.9 Å². The minimum Gasteiger partial charge on any atom is -0.349 e. The van der Waals surface area contributed by atoms with Crippen LogP contribution in [0.25, 0.3) is 0 Å². The molecule has 25 heavy (non-hydrogen) atoms. The van der Waals surface area contributed by atoms with E-state index in [1.807, 2.05) is 7.05 Å². The lowest BCUT2D eigenvalue weighted by atomic mass is 10.0. The molecule has 5 heteroatoms. The number of aryl methyl sites for hydroxylation is 2. The zero-order chi connectivity index (χ0) is 17.6. The third kappa shape index (κ3) is 4.92. The Balaban J connectivity index is 1.40. The number of amides is 1. The van der Waals surface area contributed by atoms with Crippen molar-refractivity contribution in [3.05, 3.63) is 53.3 Å². The molecule has 0 unspecified atom stereocenters. The van der Waals surface area contributed by atoms with E-state index < -0.39 is 0 Å². The average molecular weight is 340 g/mol. The molecule has 2 aromatic rings. The third-order valence-corrected chi connectivity index (χ3v) is 5.04. The van der Waals surface area contributed by atoms with E-state index in [9.17, 15) is 4.79 Å². The van der Waals surface area contributed by atoms with E-state index in [4.69, 9.17) is 0 Å². The van der Waals surface area contributed by atoms with Gasteiger partial charge in [-0.15, -0.1) is 0 Å². The minimum atomic E-state index is -0.0115. The highest BCUT2D eigenvalue weighted by molar-refractivity contribution is 5.93. The molecule has 5 nitrogen and oxygen atoms in total. The molecule has 2 heterocycles. The second kappa shape index (κ2) is 8.30. The van der Waals surface area contributed by atoms with Crippen LogP contribution in [0.5, 0.6) is 0 Å². The number of benzene rings is 1. The standard InChI is InChI=1S/C20H28N4O/c1-3-16-4-6-17(7-5-16)8-11-24-12-9-19(10-13-24)22-20(25)18-14-21-23(2)15-18/h4-7,14-15,19H,3,8-13H2,1-2H3,(H,22,25). The van der Waals surface area contributed by atoms with E-state index in [-0.39, 0.29) is 11.9 Å². The first-order valence-corrected chi connectivity index (χ1v) is 9.23. The molecule has 1 aliphatic rings. The number of carbonyl (C=O) groups excluding carboxylic acids is 1. The maximum atomic E-state index is 12.2. The Hall–Kier alpha value is -2.14. The molecule has 1 aliphatic heterocycles. The summed E-state index contributed by atoms with van der Waals surface area (Å²) in [5.74, 6) is -0.0115. The number of hydrogen-bond acceptors (Lipinski definition) is 3. The van der Waals surface area contributed by atoms with E-state index in [1.54, 1.807) is 17.1 Å². The summed E-state index contributed by atoms with van der Waals surface area (Å²) in [7, 11) is 1.82. The second-order valence-electron chi connectivity index (χ2n) is 6.91. The van der Waals surface area contributed by atoms with Gasteiger partial charge >= 0.3 is 0 Å². The molecule has 0 bridgehead atoms. The Labute approximate surface area is 150 Å². The summed E-state index contributed by atoms with van der Waals surface area (Å²) in [6.45, 7) is 5.37. The zero-order valence-electron chi connectivity index (χ0n) is 15.2. The van der Waals surface area contributed by atoms with E-state index in [0.717, 1.165) is 45.3 Å². The van der Waals surface area contributed by atoms with Crippen LogP contribution in [-0.4, -0.2) is 46.3 Å². The van der Waals surface area contributed by atoms with Crippen molar-refractivity contribution in [3.8, 4) is 0 Å². The summed E-state index contributed by atoms with van der Waals surface area (Å²) >= 11 is 0. The molecule has 0 aliphatic carbocycles. The van der Waals surface area contributed by atoms with Crippen molar-refractivity contribution >= 4 is 5.91 Å². The van der Waals surface area contributed by atoms with Crippen molar-refractivity contribution in [2.75, 3.05) is 19.6 Å². The van der Waals surface area contributed by atoms with Crippen LogP contribution in [0.15, 0.2) is 36.7 Å². The highest BCUT2D eigenvalue weighted by Gasteiger charge is 2.21. The van der Waals surface area contributed by atoms with E-state index >= 15 is 0 Å². The van der Waals surface area contributed by atoms with Crippen LogP contribution in [0.4, 0.5) is 0 Å². The molecule has 1 fully saturated rings. The molecular weight excluding hydrogens is 312 g/mol. The molecular formula is C20H28N4O. The van der Waals surface area contributed by atoms with Crippen molar-refractivity contribution in [2.45, 2.75) is 38.6 Å². The fraction of sp³-hybridized carbons (Fsp3) is 0.500. The predicted molar refractivity (Wildman–Crippen MR) is 99.7 cm³/mol. The Morgan fingerprint density at radius 3 is 2.48 bits per heavy atom. The highest BCUT2D eigenvalue weighted by atomic mass is 16.1. The van der Waals surface area contributed by atoms with Gasteiger partial charge in [0.15, 0.2) is 0 Å². The number of aromatic nitrogens is 2. The fourth-order valence-corrected chi connectivity index (χ4v) is 3.34. The Morgan fingerprint density at radius 2 is 1.88 bits per heavy atom. The van der Waals surface area contributed by atoms with Crippen molar-refractivity contribution < 1.29 is 4.79 Å². The summed E-state index contributed by atoms with van der Waals surface area (Å²) in [5.41, 5.74) is 3.44. The summed E-state index contributed by atoms with van der Waals surface area (Å²) in [6, 6.07) is 9.23. The summed E-state index contributed by atoms with van der Waals surface area (Å²) < 4.78 is 1.66. The lowest BCUT2D eigenvalue weighted by molar-refractivity contribution is 0.0911. The van der Waals surface area contributed by atoms with E-state index in [0.29, 0.717) is 5.56 Å². The average Bonchev–Trinajstić information content (AvgIpc) is 3.08.